The van der Waals surface area contributed by atoms with Crippen LogP contribution in [0.2, 0.25) is 0 Å². The van der Waals surface area contributed by atoms with E-state index in [0.29, 0.717) is 0 Å². The third-order valence-electron chi connectivity index (χ3n) is 2.81. The van der Waals surface area contributed by atoms with Crippen LogP contribution in [0.15, 0.2) is 64.0 Å². The average molecular weight is 337 g/mol. The van der Waals surface area contributed by atoms with E-state index < -0.39 is 0 Å². The molecule has 0 heterocycles. The van der Waals surface area contributed by atoms with Crippen molar-refractivity contribution in [2.45, 2.75) is 17.4 Å². The minimum atomic E-state index is 0.270. The van der Waals surface area contributed by atoms with Crippen molar-refractivity contribution >= 4 is 27.7 Å². The summed E-state index contributed by atoms with van der Waals surface area (Å²) < 4.78 is 1.11. The number of hydrazine groups is 1. The van der Waals surface area contributed by atoms with Crippen molar-refractivity contribution in [3.05, 3.63) is 64.6 Å². The van der Waals surface area contributed by atoms with E-state index in [1.807, 2.05) is 23.9 Å². The molecule has 1 unspecified atom stereocenters. The summed E-state index contributed by atoms with van der Waals surface area (Å²) in [5.41, 5.74) is 4.21. The number of hydrogen-bond acceptors (Lipinski definition) is 3. The topological polar surface area (TPSA) is 38.0 Å². The molecule has 0 saturated carbocycles. The van der Waals surface area contributed by atoms with E-state index in [-0.39, 0.29) is 6.04 Å². The van der Waals surface area contributed by atoms with Crippen LogP contribution in [0.3, 0.4) is 0 Å². The van der Waals surface area contributed by atoms with Gasteiger partial charge in [0, 0.05) is 21.2 Å². The van der Waals surface area contributed by atoms with Crippen LogP contribution in [0.4, 0.5) is 0 Å². The predicted molar refractivity (Wildman–Crippen MR) is 86.1 cm³/mol. The molecule has 2 rings (SSSR count). The zero-order valence-corrected chi connectivity index (χ0v) is 13.0. The molecule has 0 aromatic heterocycles. The third-order valence-corrected chi connectivity index (χ3v) is 4.46. The normalized spacial score (nSPS) is 12.3. The fourth-order valence-corrected chi connectivity index (χ4v) is 3.36. The molecule has 0 bridgehead atoms. The number of thioether (sulfide) groups is 1. The Morgan fingerprint density at radius 2 is 1.89 bits per heavy atom. The van der Waals surface area contributed by atoms with Gasteiger partial charge in [-0.1, -0.05) is 52.3 Å². The highest BCUT2D eigenvalue weighted by Crippen LogP contribution is 2.23. The number of halogens is 1. The third kappa shape index (κ3) is 4.99. The lowest BCUT2D eigenvalue weighted by Crippen LogP contribution is -2.38. The van der Waals surface area contributed by atoms with Gasteiger partial charge in [0.25, 0.3) is 0 Å². The molecule has 2 aromatic rings. The monoisotopic (exact) mass is 336 g/mol. The van der Waals surface area contributed by atoms with E-state index in [1.54, 1.807) is 0 Å². The zero-order valence-electron chi connectivity index (χ0n) is 10.6. The van der Waals surface area contributed by atoms with Crippen molar-refractivity contribution in [2.75, 3.05) is 5.75 Å². The molecule has 0 radical (unpaired) electrons. The molecule has 2 aromatic carbocycles. The van der Waals surface area contributed by atoms with Gasteiger partial charge in [0.2, 0.25) is 0 Å². The molecule has 0 fully saturated rings. The van der Waals surface area contributed by atoms with Crippen molar-refractivity contribution in [3.63, 3.8) is 0 Å². The summed E-state index contributed by atoms with van der Waals surface area (Å²) in [4.78, 5) is 1.25. The average Bonchev–Trinajstić information content (AvgIpc) is 2.44. The molecule has 100 valence electrons. The Kier molecular flexibility index (Phi) is 5.92. The Labute approximate surface area is 126 Å². The first-order chi connectivity index (χ1) is 9.28. The largest absolute Gasteiger partial charge is 0.271 e. The molecule has 0 aliphatic rings. The molecule has 19 heavy (non-hydrogen) atoms. The summed E-state index contributed by atoms with van der Waals surface area (Å²) in [6.07, 6.45) is 0.943. The van der Waals surface area contributed by atoms with E-state index in [9.17, 15) is 0 Å². The van der Waals surface area contributed by atoms with Crippen LogP contribution >= 0.6 is 27.7 Å². The Balaban J connectivity index is 1.89. The molecule has 0 aliphatic carbocycles. The predicted octanol–water partition coefficient (Wildman–Crippen LogP) is 3.62. The highest BCUT2D eigenvalue weighted by atomic mass is 79.9. The van der Waals surface area contributed by atoms with Gasteiger partial charge in [0.15, 0.2) is 0 Å². The number of nitrogens with two attached hydrogens (primary N) is 1. The Morgan fingerprint density at radius 1 is 1.11 bits per heavy atom. The first-order valence-corrected chi connectivity index (χ1v) is 7.94. The van der Waals surface area contributed by atoms with E-state index in [0.717, 1.165) is 16.6 Å². The summed E-state index contributed by atoms with van der Waals surface area (Å²) in [6, 6.07) is 19.0. The number of rotatable bonds is 6. The SMILES string of the molecule is NNC(CSc1cccc(Br)c1)Cc1ccccc1. The maximum Gasteiger partial charge on any atom is 0.0344 e. The van der Waals surface area contributed by atoms with Gasteiger partial charge in [0.05, 0.1) is 0 Å². The van der Waals surface area contributed by atoms with Crippen molar-refractivity contribution in [2.24, 2.45) is 5.84 Å². The van der Waals surface area contributed by atoms with E-state index in [2.05, 4.69) is 63.8 Å². The first kappa shape index (κ1) is 14.6. The lowest BCUT2D eigenvalue weighted by molar-refractivity contribution is 0.575. The maximum absolute atomic E-state index is 5.64. The second-order valence-electron chi connectivity index (χ2n) is 4.32. The van der Waals surface area contributed by atoms with Crippen molar-refractivity contribution in [1.29, 1.82) is 0 Å². The van der Waals surface area contributed by atoms with E-state index >= 15 is 0 Å². The lowest BCUT2D eigenvalue weighted by atomic mass is 10.1. The quantitative estimate of drug-likeness (QED) is 0.480. The minimum Gasteiger partial charge on any atom is -0.271 e. The molecule has 2 nitrogen and oxygen atoms in total. The molecule has 3 N–H and O–H groups in total. The van der Waals surface area contributed by atoms with Gasteiger partial charge in [-0.3, -0.25) is 11.3 Å². The van der Waals surface area contributed by atoms with Crippen LogP contribution in [-0.2, 0) is 6.42 Å². The highest BCUT2D eigenvalue weighted by Gasteiger charge is 2.08. The highest BCUT2D eigenvalue weighted by molar-refractivity contribution is 9.10. The molecular formula is C15H17BrN2S. The van der Waals surface area contributed by atoms with Gasteiger partial charge in [0.1, 0.15) is 0 Å². The van der Waals surface area contributed by atoms with Crippen molar-refractivity contribution in [1.82, 2.24) is 5.43 Å². The number of hydrogen-bond donors (Lipinski definition) is 2. The van der Waals surface area contributed by atoms with Gasteiger partial charge < -0.3 is 0 Å². The summed E-state index contributed by atoms with van der Waals surface area (Å²) in [7, 11) is 0. The van der Waals surface area contributed by atoms with Crippen LogP contribution in [0, 0.1) is 0 Å². The number of benzene rings is 2. The summed E-state index contributed by atoms with van der Waals surface area (Å²) in [5.74, 6) is 6.59. The van der Waals surface area contributed by atoms with Gasteiger partial charge in [-0.2, -0.15) is 0 Å². The van der Waals surface area contributed by atoms with Crippen LogP contribution < -0.4 is 11.3 Å². The van der Waals surface area contributed by atoms with Crippen LogP contribution in [0.25, 0.3) is 0 Å². The molecule has 0 aliphatic heterocycles. The van der Waals surface area contributed by atoms with Gasteiger partial charge in [-0.15, -0.1) is 11.8 Å². The van der Waals surface area contributed by atoms with Crippen molar-refractivity contribution < 1.29 is 0 Å². The second-order valence-corrected chi connectivity index (χ2v) is 6.33. The zero-order chi connectivity index (χ0) is 13.5. The molecule has 0 saturated heterocycles. The number of nitrogens with one attached hydrogen (secondary N) is 1. The fraction of sp³-hybridized carbons (Fsp3) is 0.200. The van der Waals surface area contributed by atoms with Gasteiger partial charge >= 0.3 is 0 Å². The molecule has 4 heteroatoms. The van der Waals surface area contributed by atoms with Gasteiger partial charge in [-0.05, 0) is 30.2 Å². The van der Waals surface area contributed by atoms with Crippen molar-refractivity contribution in [3.8, 4) is 0 Å². The maximum atomic E-state index is 5.64. The Hall–Kier alpha value is -0.810. The Morgan fingerprint density at radius 3 is 2.58 bits per heavy atom. The van der Waals surface area contributed by atoms with Gasteiger partial charge in [-0.25, -0.2) is 0 Å². The fourth-order valence-electron chi connectivity index (χ4n) is 1.82. The molecular weight excluding hydrogens is 320 g/mol. The summed E-state index contributed by atoms with van der Waals surface area (Å²) in [6.45, 7) is 0. The molecule has 0 spiro atoms. The molecule has 0 amide bonds. The lowest BCUT2D eigenvalue weighted by Gasteiger charge is -2.15. The Bertz CT molecular complexity index is 505. The molecule has 1 atom stereocenters. The van der Waals surface area contributed by atoms with Crippen LogP contribution in [0.5, 0.6) is 0 Å². The minimum absolute atomic E-state index is 0.270. The van der Waals surface area contributed by atoms with E-state index in [4.69, 9.17) is 5.84 Å². The smallest absolute Gasteiger partial charge is 0.0344 e. The first-order valence-electron chi connectivity index (χ1n) is 6.16. The van der Waals surface area contributed by atoms with E-state index in [1.165, 1.54) is 10.5 Å². The van der Waals surface area contributed by atoms with Crippen LogP contribution in [-0.4, -0.2) is 11.8 Å². The second kappa shape index (κ2) is 7.70. The summed E-state index contributed by atoms with van der Waals surface area (Å²) >= 11 is 5.30. The summed E-state index contributed by atoms with van der Waals surface area (Å²) in [5, 5.41) is 0. The van der Waals surface area contributed by atoms with Crippen LogP contribution in [0.1, 0.15) is 5.56 Å². The standard InChI is InChI=1S/C15H17BrN2S/c16-13-7-4-8-15(10-13)19-11-14(18-17)9-12-5-2-1-3-6-12/h1-8,10,14,18H,9,11,17H2.